The van der Waals surface area contributed by atoms with E-state index in [4.69, 9.17) is 0 Å². The van der Waals surface area contributed by atoms with Crippen molar-refractivity contribution in [2.45, 2.75) is 5.92 Å². The van der Waals surface area contributed by atoms with Crippen molar-refractivity contribution in [3.8, 4) is 0 Å². The van der Waals surface area contributed by atoms with Gasteiger partial charge in [0.1, 0.15) is 0 Å². The highest BCUT2D eigenvalue weighted by atomic mass is 79.9. The molecule has 0 radical (unpaired) electrons. The third-order valence-electron chi connectivity index (χ3n) is 3.26. The fraction of sp³-hybridized carbons (Fsp3) is 0.125. The van der Waals surface area contributed by atoms with Gasteiger partial charge in [0, 0.05) is 10.4 Å². The summed E-state index contributed by atoms with van der Waals surface area (Å²) in [5.41, 5.74) is 1.29. The summed E-state index contributed by atoms with van der Waals surface area (Å²) >= 11 is 3.37. The van der Waals surface area contributed by atoms with Crippen LogP contribution in [0.15, 0.2) is 59.1 Å². The molecule has 2 aromatic rings. The van der Waals surface area contributed by atoms with Crippen LogP contribution < -0.4 is 0 Å². The van der Waals surface area contributed by atoms with Crippen molar-refractivity contribution in [1.29, 1.82) is 0 Å². The molecule has 0 saturated carbocycles. The maximum absolute atomic E-state index is 11.4. The number of rotatable bonds is 5. The number of halogens is 1. The first-order valence-electron chi connectivity index (χ1n) is 6.27. The van der Waals surface area contributed by atoms with E-state index in [1.807, 2.05) is 0 Å². The van der Waals surface area contributed by atoms with Crippen molar-refractivity contribution in [2.24, 2.45) is 5.92 Å². The Balaban J connectivity index is 2.63. The van der Waals surface area contributed by atoms with Gasteiger partial charge in [-0.3, -0.25) is 9.59 Å². The molecule has 0 heterocycles. The van der Waals surface area contributed by atoms with E-state index >= 15 is 0 Å². The van der Waals surface area contributed by atoms with E-state index in [0.717, 1.165) is 0 Å². The third kappa shape index (κ3) is 3.31. The maximum Gasteiger partial charge on any atom is 0.318 e. The van der Waals surface area contributed by atoms with E-state index in [2.05, 4.69) is 15.9 Å². The number of benzene rings is 2. The van der Waals surface area contributed by atoms with Crippen molar-refractivity contribution < 1.29 is 19.8 Å². The molecular formula is C16H13BrO4. The van der Waals surface area contributed by atoms with Gasteiger partial charge in [-0.05, 0) is 17.2 Å². The highest BCUT2D eigenvalue weighted by Gasteiger charge is 2.37. The second kappa shape index (κ2) is 6.54. The van der Waals surface area contributed by atoms with E-state index in [9.17, 15) is 19.8 Å². The normalized spacial score (nSPS) is 12.1. The first kappa shape index (κ1) is 15.3. The molecule has 0 fully saturated rings. The number of hydrogen-bond donors (Lipinski definition) is 2. The zero-order chi connectivity index (χ0) is 15.4. The molecule has 0 unspecified atom stereocenters. The van der Waals surface area contributed by atoms with Gasteiger partial charge in [-0.15, -0.1) is 0 Å². The van der Waals surface area contributed by atoms with Crippen molar-refractivity contribution >= 4 is 27.9 Å². The van der Waals surface area contributed by atoms with Crippen molar-refractivity contribution in [1.82, 2.24) is 0 Å². The molecule has 2 N–H and O–H groups in total. The molecule has 0 saturated heterocycles. The van der Waals surface area contributed by atoms with Gasteiger partial charge in [-0.2, -0.15) is 0 Å². The summed E-state index contributed by atoms with van der Waals surface area (Å²) in [7, 11) is 0. The van der Waals surface area contributed by atoms with Crippen LogP contribution in [0.5, 0.6) is 0 Å². The van der Waals surface area contributed by atoms with Crippen LogP contribution in [-0.2, 0) is 9.59 Å². The molecule has 2 rings (SSSR count). The molecule has 108 valence electrons. The minimum atomic E-state index is -1.55. The van der Waals surface area contributed by atoms with Gasteiger partial charge in [0.15, 0.2) is 5.92 Å². The molecule has 0 aliphatic carbocycles. The lowest BCUT2D eigenvalue weighted by molar-refractivity contribution is -0.155. The lowest BCUT2D eigenvalue weighted by Gasteiger charge is -2.23. The fourth-order valence-electron chi connectivity index (χ4n) is 2.33. The highest BCUT2D eigenvalue weighted by Crippen LogP contribution is 2.36. The monoisotopic (exact) mass is 348 g/mol. The van der Waals surface area contributed by atoms with Crippen LogP contribution >= 0.6 is 15.9 Å². The van der Waals surface area contributed by atoms with Crippen molar-refractivity contribution in [3.63, 3.8) is 0 Å². The zero-order valence-corrected chi connectivity index (χ0v) is 12.5. The van der Waals surface area contributed by atoms with Crippen molar-refractivity contribution in [3.05, 3.63) is 70.2 Å². The van der Waals surface area contributed by atoms with Gasteiger partial charge in [0.2, 0.25) is 0 Å². The highest BCUT2D eigenvalue weighted by molar-refractivity contribution is 9.10. The Morgan fingerprint density at radius 1 is 0.857 bits per heavy atom. The lowest BCUT2D eigenvalue weighted by atomic mass is 9.80. The molecule has 0 amide bonds. The summed E-state index contributed by atoms with van der Waals surface area (Å²) < 4.78 is 0.686. The van der Waals surface area contributed by atoms with Crippen LogP contribution in [0.1, 0.15) is 17.0 Å². The Labute approximate surface area is 130 Å². The number of aliphatic carboxylic acids is 2. The van der Waals surface area contributed by atoms with Gasteiger partial charge in [-0.1, -0.05) is 64.5 Å². The molecular weight excluding hydrogens is 336 g/mol. The van der Waals surface area contributed by atoms with Crippen molar-refractivity contribution in [2.75, 3.05) is 0 Å². The molecule has 0 aromatic heterocycles. The predicted molar refractivity (Wildman–Crippen MR) is 81.2 cm³/mol. The minimum absolute atomic E-state index is 0.638. The summed E-state index contributed by atoms with van der Waals surface area (Å²) in [6.45, 7) is 0. The smallest absolute Gasteiger partial charge is 0.318 e. The Hall–Kier alpha value is -2.14. The largest absolute Gasteiger partial charge is 0.481 e. The van der Waals surface area contributed by atoms with Gasteiger partial charge in [0.25, 0.3) is 0 Å². The van der Waals surface area contributed by atoms with Crippen LogP contribution in [0, 0.1) is 5.92 Å². The molecule has 0 bridgehead atoms. The first-order valence-corrected chi connectivity index (χ1v) is 7.06. The van der Waals surface area contributed by atoms with Crippen LogP contribution in [-0.4, -0.2) is 22.2 Å². The second-order valence-electron chi connectivity index (χ2n) is 4.56. The number of hydrogen-bond acceptors (Lipinski definition) is 2. The predicted octanol–water partition coefficient (Wildman–Crippen LogP) is 3.37. The minimum Gasteiger partial charge on any atom is -0.481 e. The van der Waals surface area contributed by atoms with Crippen LogP contribution in [0.2, 0.25) is 0 Å². The van der Waals surface area contributed by atoms with Gasteiger partial charge in [0.05, 0.1) is 0 Å². The summed E-state index contributed by atoms with van der Waals surface area (Å²) in [6.07, 6.45) is 0. The Morgan fingerprint density at radius 2 is 1.38 bits per heavy atom. The van der Waals surface area contributed by atoms with E-state index < -0.39 is 23.8 Å². The Morgan fingerprint density at radius 3 is 1.90 bits per heavy atom. The van der Waals surface area contributed by atoms with E-state index in [1.54, 1.807) is 54.6 Å². The Kier molecular flexibility index (Phi) is 4.75. The SMILES string of the molecule is O=C(O)C(C(=O)O)[C@H](c1ccccc1)c1ccccc1Br. The summed E-state index contributed by atoms with van der Waals surface area (Å²) in [5.74, 6) is -5.03. The number of carbonyl (C=O) groups is 2. The molecule has 0 spiro atoms. The molecule has 5 heteroatoms. The molecule has 21 heavy (non-hydrogen) atoms. The molecule has 0 aliphatic heterocycles. The quantitative estimate of drug-likeness (QED) is 0.812. The third-order valence-corrected chi connectivity index (χ3v) is 3.99. The molecule has 2 aromatic carbocycles. The number of carboxylic acid groups (broad SMARTS) is 2. The standard InChI is InChI=1S/C16H13BrO4/c17-12-9-5-4-8-11(12)13(10-6-2-1-3-7-10)14(15(18)19)16(20)21/h1-9,13-14H,(H,18,19)(H,20,21)/t13-/m1/s1. The fourth-order valence-corrected chi connectivity index (χ4v) is 2.86. The average molecular weight is 349 g/mol. The van der Waals surface area contributed by atoms with Crippen LogP contribution in [0.4, 0.5) is 0 Å². The van der Waals surface area contributed by atoms with E-state index in [1.165, 1.54) is 0 Å². The molecule has 1 atom stereocenters. The second-order valence-corrected chi connectivity index (χ2v) is 5.42. The Bertz CT molecular complexity index is 640. The topological polar surface area (TPSA) is 74.6 Å². The molecule has 4 nitrogen and oxygen atoms in total. The molecule has 0 aliphatic rings. The van der Waals surface area contributed by atoms with Crippen LogP contribution in [0.3, 0.4) is 0 Å². The summed E-state index contributed by atoms with van der Waals surface area (Å²) in [5, 5.41) is 18.7. The van der Waals surface area contributed by atoms with Gasteiger partial charge < -0.3 is 10.2 Å². The van der Waals surface area contributed by atoms with Gasteiger partial charge in [-0.25, -0.2) is 0 Å². The first-order chi connectivity index (χ1) is 10.0. The van der Waals surface area contributed by atoms with E-state index in [0.29, 0.717) is 15.6 Å². The summed E-state index contributed by atoms with van der Waals surface area (Å²) in [4.78, 5) is 22.9. The van der Waals surface area contributed by atoms with Crippen LogP contribution in [0.25, 0.3) is 0 Å². The van der Waals surface area contributed by atoms with Gasteiger partial charge >= 0.3 is 11.9 Å². The van der Waals surface area contributed by atoms with E-state index in [-0.39, 0.29) is 0 Å². The zero-order valence-electron chi connectivity index (χ0n) is 10.9. The lowest BCUT2D eigenvalue weighted by Crippen LogP contribution is -2.30. The average Bonchev–Trinajstić information content (AvgIpc) is 2.45. The summed E-state index contributed by atoms with van der Waals surface area (Å²) in [6, 6.07) is 15.9. The number of carboxylic acids is 2. The maximum atomic E-state index is 11.4.